The molecule has 0 aromatic carbocycles. The van der Waals surface area contributed by atoms with E-state index in [4.69, 9.17) is 0 Å². The van der Waals surface area contributed by atoms with Crippen LogP contribution < -0.4 is 10.2 Å². The Morgan fingerprint density at radius 1 is 1.32 bits per heavy atom. The third-order valence-corrected chi connectivity index (χ3v) is 7.20. The van der Waals surface area contributed by atoms with Gasteiger partial charge < -0.3 is 10.2 Å². The molecule has 1 aliphatic carbocycles. The summed E-state index contributed by atoms with van der Waals surface area (Å²) in [5, 5.41) is 4.89. The SMILES string of the molecule is CCC(C)(C)[C@H]1CCc2sc3ncnc(NCCC[NH+](C)C)c3c2C1. The van der Waals surface area contributed by atoms with Gasteiger partial charge in [-0.05, 0) is 36.2 Å². The second-order valence-corrected chi connectivity index (χ2v) is 9.51. The summed E-state index contributed by atoms with van der Waals surface area (Å²) in [5.74, 6) is 1.81. The standard InChI is InChI=1S/C20H32N4S/c1-6-20(2,3)14-8-9-16-15(12-14)17-18(21-10-7-11-24(4)5)22-13-23-19(17)25-16/h13-14H,6-12H2,1-5H3,(H,21,22,23)/p+1/t14-/m0/s1. The van der Waals surface area contributed by atoms with E-state index >= 15 is 0 Å². The molecule has 2 aromatic rings. The van der Waals surface area contributed by atoms with Crippen LogP contribution >= 0.6 is 11.3 Å². The fourth-order valence-corrected chi connectivity index (χ4v) is 5.03. The highest BCUT2D eigenvalue weighted by molar-refractivity contribution is 7.19. The van der Waals surface area contributed by atoms with Crippen molar-refractivity contribution in [1.29, 1.82) is 0 Å². The minimum absolute atomic E-state index is 0.406. The first-order valence-electron chi connectivity index (χ1n) is 9.70. The van der Waals surface area contributed by atoms with E-state index in [1.807, 2.05) is 11.3 Å². The zero-order valence-corrected chi connectivity index (χ0v) is 17.2. The lowest BCUT2D eigenvalue weighted by atomic mass is 9.69. The molecule has 0 saturated heterocycles. The van der Waals surface area contributed by atoms with Crippen LogP contribution in [0.5, 0.6) is 0 Å². The number of fused-ring (bicyclic) bond motifs is 3. The van der Waals surface area contributed by atoms with Gasteiger partial charge in [0.25, 0.3) is 0 Å². The van der Waals surface area contributed by atoms with Crippen molar-refractivity contribution in [1.82, 2.24) is 9.97 Å². The minimum atomic E-state index is 0.406. The number of quaternary nitrogens is 1. The molecule has 25 heavy (non-hydrogen) atoms. The van der Waals surface area contributed by atoms with Crippen molar-refractivity contribution in [3.05, 3.63) is 16.8 Å². The average Bonchev–Trinajstić information content (AvgIpc) is 2.97. The molecule has 4 nitrogen and oxygen atoms in total. The Kier molecular flexibility index (Phi) is 5.64. The molecule has 0 aliphatic heterocycles. The molecule has 138 valence electrons. The molecule has 0 saturated carbocycles. The Morgan fingerprint density at radius 3 is 2.84 bits per heavy atom. The zero-order chi connectivity index (χ0) is 18.0. The molecule has 3 rings (SSSR count). The van der Waals surface area contributed by atoms with Crippen molar-refractivity contribution in [2.45, 2.75) is 52.9 Å². The maximum Gasteiger partial charge on any atom is 0.138 e. The Labute approximate surface area is 156 Å². The average molecular weight is 362 g/mol. The third kappa shape index (κ3) is 3.98. The number of rotatable bonds is 7. The lowest BCUT2D eigenvalue weighted by Gasteiger charge is -2.36. The maximum absolute atomic E-state index is 4.59. The summed E-state index contributed by atoms with van der Waals surface area (Å²) in [6.07, 6.45) is 7.81. The third-order valence-electron chi connectivity index (χ3n) is 6.00. The zero-order valence-electron chi connectivity index (χ0n) is 16.4. The lowest BCUT2D eigenvalue weighted by molar-refractivity contribution is -0.858. The van der Waals surface area contributed by atoms with Gasteiger partial charge in [-0.2, -0.15) is 0 Å². The van der Waals surface area contributed by atoms with E-state index in [1.165, 1.54) is 48.1 Å². The second kappa shape index (κ2) is 7.58. The molecule has 0 spiro atoms. The number of hydrogen-bond acceptors (Lipinski definition) is 4. The summed E-state index contributed by atoms with van der Waals surface area (Å²) in [5.41, 5.74) is 1.93. The van der Waals surface area contributed by atoms with Gasteiger partial charge in [-0.25, -0.2) is 9.97 Å². The molecule has 1 atom stereocenters. The van der Waals surface area contributed by atoms with Crippen LogP contribution in [0.3, 0.4) is 0 Å². The van der Waals surface area contributed by atoms with Crippen LogP contribution in [0.2, 0.25) is 0 Å². The normalized spacial score (nSPS) is 17.9. The fourth-order valence-electron chi connectivity index (χ4n) is 3.85. The molecule has 5 heteroatoms. The number of nitrogens with one attached hydrogen (secondary N) is 2. The quantitative estimate of drug-likeness (QED) is 0.744. The summed E-state index contributed by atoms with van der Waals surface area (Å²) in [6, 6.07) is 0. The molecule has 2 N–H and O–H groups in total. The number of nitrogens with zero attached hydrogens (tertiary/aromatic N) is 2. The minimum Gasteiger partial charge on any atom is -0.369 e. The molecule has 0 fully saturated rings. The Hall–Kier alpha value is -1.20. The molecule has 0 radical (unpaired) electrons. The van der Waals surface area contributed by atoms with Crippen LogP contribution in [-0.4, -0.2) is 37.2 Å². The van der Waals surface area contributed by atoms with Crippen molar-refractivity contribution in [2.24, 2.45) is 11.3 Å². The van der Waals surface area contributed by atoms with Crippen molar-refractivity contribution in [2.75, 3.05) is 32.5 Å². The molecule has 2 aromatic heterocycles. The van der Waals surface area contributed by atoms with E-state index in [-0.39, 0.29) is 0 Å². The van der Waals surface area contributed by atoms with Gasteiger partial charge in [0.1, 0.15) is 17.0 Å². The van der Waals surface area contributed by atoms with Gasteiger partial charge in [0, 0.05) is 17.8 Å². The van der Waals surface area contributed by atoms with Gasteiger partial charge in [0.05, 0.1) is 26.0 Å². The van der Waals surface area contributed by atoms with E-state index < -0.39 is 0 Å². The number of anilines is 1. The molecular formula is C20H33N4S+. The van der Waals surface area contributed by atoms with Gasteiger partial charge in [0.15, 0.2) is 0 Å². The van der Waals surface area contributed by atoms with Crippen LogP contribution in [0.15, 0.2) is 6.33 Å². The van der Waals surface area contributed by atoms with Gasteiger partial charge in [-0.3, -0.25) is 0 Å². The predicted octanol–water partition coefficient (Wildman–Crippen LogP) is 3.18. The van der Waals surface area contributed by atoms with E-state index in [9.17, 15) is 0 Å². The molecule has 2 heterocycles. The largest absolute Gasteiger partial charge is 0.369 e. The summed E-state index contributed by atoms with van der Waals surface area (Å²) in [4.78, 5) is 13.4. The van der Waals surface area contributed by atoms with Crippen LogP contribution in [0, 0.1) is 11.3 Å². The number of thiophene rings is 1. The number of hydrogen-bond donors (Lipinski definition) is 2. The predicted molar refractivity (Wildman–Crippen MR) is 108 cm³/mol. The highest BCUT2D eigenvalue weighted by Crippen LogP contribution is 2.45. The lowest BCUT2D eigenvalue weighted by Crippen LogP contribution is -3.05. The van der Waals surface area contributed by atoms with Gasteiger partial charge in [-0.15, -0.1) is 11.3 Å². The molecule has 1 aliphatic rings. The topological polar surface area (TPSA) is 42.2 Å². The van der Waals surface area contributed by atoms with E-state index in [0.29, 0.717) is 5.41 Å². The highest BCUT2D eigenvalue weighted by atomic mass is 32.1. The molecule has 0 unspecified atom stereocenters. The van der Waals surface area contributed by atoms with Crippen LogP contribution in [0.25, 0.3) is 10.2 Å². The monoisotopic (exact) mass is 361 g/mol. The smallest absolute Gasteiger partial charge is 0.138 e. The van der Waals surface area contributed by atoms with E-state index in [0.717, 1.165) is 29.5 Å². The Balaban J connectivity index is 1.85. The van der Waals surface area contributed by atoms with E-state index in [1.54, 1.807) is 11.2 Å². The van der Waals surface area contributed by atoms with Crippen LogP contribution in [0.4, 0.5) is 5.82 Å². The first-order chi connectivity index (χ1) is 11.9. The van der Waals surface area contributed by atoms with Crippen LogP contribution in [0.1, 0.15) is 50.5 Å². The van der Waals surface area contributed by atoms with Crippen molar-refractivity contribution in [3.63, 3.8) is 0 Å². The first-order valence-corrected chi connectivity index (χ1v) is 10.5. The van der Waals surface area contributed by atoms with Gasteiger partial charge in [0.2, 0.25) is 0 Å². The van der Waals surface area contributed by atoms with Crippen molar-refractivity contribution < 1.29 is 4.90 Å². The number of aromatic nitrogens is 2. The van der Waals surface area contributed by atoms with Crippen molar-refractivity contribution >= 4 is 27.4 Å². The fraction of sp³-hybridized carbons (Fsp3) is 0.700. The molecular weight excluding hydrogens is 328 g/mol. The summed E-state index contributed by atoms with van der Waals surface area (Å²) in [6.45, 7) is 9.33. The summed E-state index contributed by atoms with van der Waals surface area (Å²) in [7, 11) is 4.40. The number of aryl methyl sites for hydroxylation is 1. The van der Waals surface area contributed by atoms with E-state index in [2.05, 4.69) is 50.2 Å². The van der Waals surface area contributed by atoms with Crippen molar-refractivity contribution in [3.8, 4) is 0 Å². The highest BCUT2D eigenvalue weighted by Gasteiger charge is 2.33. The molecule has 0 amide bonds. The first kappa shape index (κ1) is 18.6. The molecule has 0 bridgehead atoms. The summed E-state index contributed by atoms with van der Waals surface area (Å²) >= 11 is 1.88. The van der Waals surface area contributed by atoms with Gasteiger partial charge >= 0.3 is 0 Å². The van der Waals surface area contributed by atoms with Gasteiger partial charge in [-0.1, -0.05) is 27.2 Å². The summed E-state index contributed by atoms with van der Waals surface area (Å²) < 4.78 is 0. The Morgan fingerprint density at radius 2 is 2.12 bits per heavy atom. The van der Waals surface area contributed by atoms with Crippen LogP contribution in [-0.2, 0) is 12.8 Å². The maximum atomic E-state index is 4.59. The second-order valence-electron chi connectivity index (χ2n) is 8.43. The Bertz CT molecular complexity index is 720.